The predicted octanol–water partition coefficient (Wildman–Crippen LogP) is 3.11. The van der Waals surface area contributed by atoms with Crippen LogP contribution in [0, 0.1) is 17.1 Å². The van der Waals surface area contributed by atoms with Gasteiger partial charge in [-0.2, -0.15) is 10.4 Å². The molecule has 4 heterocycles. The number of amides is 2. The minimum absolute atomic E-state index is 0.182. The van der Waals surface area contributed by atoms with Crippen LogP contribution in [0.3, 0.4) is 0 Å². The number of carbonyl (C=O) groups is 1. The second-order valence-corrected chi connectivity index (χ2v) is 9.48. The molecule has 35 heavy (non-hydrogen) atoms. The van der Waals surface area contributed by atoms with Crippen molar-refractivity contribution in [1.82, 2.24) is 25.0 Å². The summed E-state index contributed by atoms with van der Waals surface area (Å²) in [5, 5.41) is 17.1. The van der Waals surface area contributed by atoms with E-state index in [9.17, 15) is 14.4 Å². The Hall–Kier alpha value is -3.97. The molecule has 1 fully saturated rings. The number of nitrogen functional groups attached to an aromatic ring is 1. The average molecular weight is 476 g/mol. The maximum atomic E-state index is 13.3. The van der Waals surface area contributed by atoms with Gasteiger partial charge in [-0.15, -0.1) is 0 Å². The zero-order chi connectivity index (χ0) is 24.8. The number of urea groups is 1. The molecule has 2 amide bonds. The lowest BCUT2D eigenvalue weighted by molar-refractivity contribution is -0.0702. The Morgan fingerprint density at radius 1 is 1.29 bits per heavy atom. The molecule has 0 aliphatic carbocycles. The van der Waals surface area contributed by atoms with Gasteiger partial charge in [0.25, 0.3) is 0 Å². The number of benzene rings is 1. The number of fused-ring (bicyclic) bond motifs is 2. The number of hydrogen-bond donors (Lipinski definition) is 2. The zero-order valence-electron chi connectivity index (χ0n) is 19.6. The third-order valence-corrected chi connectivity index (χ3v) is 6.77. The van der Waals surface area contributed by atoms with Crippen molar-refractivity contribution in [3.05, 3.63) is 65.2 Å². The van der Waals surface area contributed by atoms with E-state index in [4.69, 9.17) is 15.6 Å². The summed E-state index contributed by atoms with van der Waals surface area (Å²) in [4.78, 5) is 19.0. The van der Waals surface area contributed by atoms with Crippen molar-refractivity contribution in [2.24, 2.45) is 0 Å². The minimum atomic E-state index is -0.677. The van der Waals surface area contributed by atoms with Crippen LogP contribution in [0.1, 0.15) is 37.1 Å². The summed E-state index contributed by atoms with van der Waals surface area (Å²) in [6.45, 7) is 5.75. The van der Waals surface area contributed by atoms with E-state index in [1.165, 1.54) is 12.1 Å². The Balaban J connectivity index is 1.37. The first-order chi connectivity index (χ1) is 16.7. The highest BCUT2D eigenvalue weighted by Gasteiger charge is 2.47. The molecular weight excluding hydrogens is 449 g/mol. The molecule has 1 atom stereocenters. The van der Waals surface area contributed by atoms with E-state index in [1.54, 1.807) is 29.3 Å². The van der Waals surface area contributed by atoms with Crippen molar-refractivity contribution >= 4 is 11.8 Å². The molecule has 0 bridgehead atoms. The molecule has 180 valence electrons. The average Bonchev–Trinajstić information content (AvgIpc) is 3.46. The van der Waals surface area contributed by atoms with Crippen molar-refractivity contribution in [3.8, 4) is 17.3 Å². The fourth-order valence-electron chi connectivity index (χ4n) is 4.77. The van der Waals surface area contributed by atoms with Crippen LogP contribution >= 0.6 is 0 Å². The second-order valence-electron chi connectivity index (χ2n) is 9.48. The third kappa shape index (κ3) is 4.08. The number of nitrogens with zero attached hydrogens (tertiary/aromatic N) is 5. The van der Waals surface area contributed by atoms with E-state index in [2.05, 4.69) is 16.4 Å². The van der Waals surface area contributed by atoms with E-state index in [0.29, 0.717) is 49.5 Å². The molecule has 3 N–H and O–H groups in total. The van der Waals surface area contributed by atoms with Gasteiger partial charge in [0.1, 0.15) is 23.3 Å². The lowest BCUT2D eigenvalue weighted by Gasteiger charge is -2.35. The number of carbonyl (C=O) groups excluding carboxylic acids is 1. The molecule has 9 nitrogen and oxygen atoms in total. The monoisotopic (exact) mass is 475 g/mol. The molecule has 10 heteroatoms. The van der Waals surface area contributed by atoms with Crippen molar-refractivity contribution in [2.75, 3.05) is 25.4 Å². The summed E-state index contributed by atoms with van der Waals surface area (Å²) in [7, 11) is 0. The molecular formula is C25H26FN7O2. The summed E-state index contributed by atoms with van der Waals surface area (Å²) in [6.07, 6.45) is 2.23. The Morgan fingerprint density at radius 2 is 2.06 bits per heavy atom. The number of aromatic nitrogens is 3. The van der Waals surface area contributed by atoms with E-state index in [-0.39, 0.29) is 17.7 Å². The van der Waals surface area contributed by atoms with Gasteiger partial charge in [-0.05, 0) is 43.7 Å². The Labute approximate surface area is 202 Å². The Morgan fingerprint density at radius 3 is 2.80 bits per heavy atom. The third-order valence-electron chi connectivity index (χ3n) is 6.77. The summed E-state index contributed by atoms with van der Waals surface area (Å²) in [5.74, 6) is -0.137. The smallest absolute Gasteiger partial charge is 0.318 e. The van der Waals surface area contributed by atoms with Crippen molar-refractivity contribution in [2.45, 2.75) is 38.0 Å². The van der Waals surface area contributed by atoms with E-state index in [0.717, 1.165) is 11.3 Å². The van der Waals surface area contributed by atoms with Crippen molar-refractivity contribution in [1.29, 1.82) is 5.26 Å². The van der Waals surface area contributed by atoms with E-state index >= 15 is 0 Å². The maximum Gasteiger partial charge on any atom is 0.318 e. The fourth-order valence-corrected chi connectivity index (χ4v) is 4.77. The molecule has 2 aliphatic heterocycles. The van der Waals surface area contributed by atoms with Crippen molar-refractivity contribution in [3.63, 3.8) is 0 Å². The lowest BCUT2D eigenvalue weighted by Crippen LogP contribution is -2.49. The quantitative estimate of drug-likeness (QED) is 0.600. The van der Waals surface area contributed by atoms with E-state index in [1.807, 2.05) is 24.6 Å². The second kappa shape index (κ2) is 8.36. The summed E-state index contributed by atoms with van der Waals surface area (Å²) in [6, 6.07) is 11.6. The maximum absolute atomic E-state index is 13.3. The molecule has 0 saturated carbocycles. The lowest BCUT2D eigenvalue weighted by atomic mass is 9.94. The summed E-state index contributed by atoms with van der Waals surface area (Å²) in [5.41, 5.74) is 7.79. The van der Waals surface area contributed by atoms with Crippen LogP contribution in [0.25, 0.3) is 11.3 Å². The number of nitrogens with two attached hydrogens (primary N) is 1. The zero-order valence-corrected chi connectivity index (χ0v) is 19.6. The van der Waals surface area contributed by atoms with Gasteiger partial charge in [0.2, 0.25) is 0 Å². The number of halogens is 1. The van der Waals surface area contributed by atoms with E-state index < -0.39 is 11.1 Å². The number of ether oxygens (including phenoxy) is 1. The Bertz CT molecular complexity index is 1330. The van der Waals surface area contributed by atoms with Gasteiger partial charge in [0, 0.05) is 24.7 Å². The number of nitriles is 1. The van der Waals surface area contributed by atoms with Gasteiger partial charge >= 0.3 is 6.03 Å². The van der Waals surface area contributed by atoms with Gasteiger partial charge in [0.05, 0.1) is 42.2 Å². The van der Waals surface area contributed by atoms with Crippen LogP contribution in [-0.4, -0.2) is 45.4 Å². The SMILES string of the molecule is CC(C)(NC(=O)N1CC[C@]2(C1)OCCn1nc(-c3cnc(N)c(C#N)c3)cc12)c1ccc(F)cc1. The number of hydrogen-bond acceptors (Lipinski definition) is 6. The summed E-state index contributed by atoms with van der Waals surface area (Å²) < 4.78 is 21.5. The van der Waals surface area contributed by atoms with Gasteiger partial charge in [-0.3, -0.25) is 4.68 Å². The highest BCUT2D eigenvalue weighted by molar-refractivity contribution is 5.76. The molecule has 1 spiro atoms. The molecule has 2 aliphatic rings. The number of nitrogens with one attached hydrogen (secondary N) is 1. The van der Waals surface area contributed by atoms with Crippen LogP contribution < -0.4 is 11.1 Å². The van der Waals surface area contributed by atoms with Gasteiger partial charge in [0.15, 0.2) is 0 Å². The predicted molar refractivity (Wildman–Crippen MR) is 126 cm³/mol. The first-order valence-corrected chi connectivity index (χ1v) is 11.4. The molecule has 0 unspecified atom stereocenters. The molecule has 1 aromatic carbocycles. The number of pyridine rings is 1. The highest BCUT2D eigenvalue weighted by atomic mass is 19.1. The molecule has 1 saturated heterocycles. The van der Waals surface area contributed by atoms with Gasteiger partial charge in [-0.1, -0.05) is 12.1 Å². The number of anilines is 1. The standard InChI is InChI=1S/C25H26FN7O2/c1-24(2,18-3-5-19(26)6-4-18)30-23(34)32-8-7-25(15-32)21-12-20(31-33(21)9-10-35-25)17-11-16(13-27)22(28)29-14-17/h3-6,11-12,14H,7-10,15H2,1-2H3,(H2,28,29)(H,30,34)/t25-/m1/s1. The van der Waals surface area contributed by atoms with Gasteiger partial charge < -0.3 is 20.7 Å². The first-order valence-electron chi connectivity index (χ1n) is 11.4. The Kier molecular flexibility index (Phi) is 5.44. The molecule has 5 rings (SSSR count). The van der Waals surface area contributed by atoms with Crippen LogP contribution in [0.2, 0.25) is 0 Å². The molecule has 0 radical (unpaired) electrons. The molecule has 3 aromatic rings. The highest BCUT2D eigenvalue weighted by Crippen LogP contribution is 2.40. The minimum Gasteiger partial charge on any atom is -0.383 e. The first kappa shape index (κ1) is 22.8. The number of likely N-dealkylation sites (tertiary alicyclic amines) is 1. The van der Waals surface area contributed by atoms with Crippen LogP contribution in [0.15, 0.2) is 42.6 Å². The van der Waals surface area contributed by atoms with Crippen LogP contribution in [0.4, 0.5) is 15.0 Å². The molecule has 2 aromatic heterocycles. The number of rotatable bonds is 3. The van der Waals surface area contributed by atoms with Crippen LogP contribution in [-0.2, 0) is 22.4 Å². The topological polar surface area (TPSA) is 122 Å². The van der Waals surface area contributed by atoms with Crippen molar-refractivity contribution < 1.29 is 13.9 Å². The normalized spacial score (nSPS) is 19.4. The van der Waals surface area contributed by atoms with Crippen LogP contribution in [0.5, 0.6) is 0 Å². The van der Waals surface area contributed by atoms with Gasteiger partial charge in [-0.25, -0.2) is 14.2 Å². The largest absolute Gasteiger partial charge is 0.383 e. The summed E-state index contributed by atoms with van der Waals surface area (Å²) >= 11 is 0. The fraction of sp³-hybridized carbons (Fsp3) is 0.360.